The molecule has 3 aliphatic rings. The molecule has 0 saturated carbocycles. The Morgan fingerprint density at radius 2 is 1.87 bits per heavy atom. The molecule has 168 valence electrons. The predicted molar refractivity (Wildman–Crippen MR) is 120 cm³/mol. The number of ether oxygens (including phenoxy) is 3. The summed E-state index contributed by atoms with van der Waals surface area (Å²) in [7, 11) is 3.27. The van der Waals surface area contributed by atoms with Crippen molar-refractivity contribution in [2.45, 2.75) is 44.6 Å². The van der Waals surface area contributed by atoms with Gasteiger partial charge in [0, 0.05) is 56.2 Å². The second-order valence-electron chi connectivity index (χ2n) is 8.69. The Bertz CT molecular complexity index is 923. The summed E-state index contributed by atoms with van der Waals surface area (Å²) in [6, 6.07) is 2.54. The first kappa shape index (κ1) is 20.7. The van der Waals surface area contributed by atoms with Crippen molar-refractivity contribution >= 4 is 16.7 Å². The third kappa shape index (κ3) is 4.16. The van der Waals surface area contributed by atoms with Crippen molar-refractivity contribution < 1.29 is 14.2 Å². The molecule has 0 spiro atoms. The summed E-state index contributed by atoms with van der Waals surface area (Å²) >= 11 is 0. The molecule has 8 nitrogen and oxygen atoms in total. The van der Waals surface area contributed by atoms with Crippen molar-refractivity contribution in [1.82, 2.24) is 19.9 Å². The molecular weight excluding hydrogens is 394 g/mol. The van der Waals surface area contributed by atoms with Crippen LogP contribution in [0.2, 0.25) is 0 Å². The number of methoxy groups -OCH3 is 2. The number of anilines is 1. The quantitative estimate of drug-likeness (QED) is 0.731. The average molecular weight is 428 g/mol. The molecule has 5 rings (SSSR count). The Morgan fingerprint density at radius 3 is 2.61 bits per heavy atom. The summed E-state index contributed by atoms with van der Waals surface area (Å²) in [6.45, 7) is 5.83. The van der Waals surface area contributed by atoms with Gasteiger partial charge in [-0.2, -0.15) is 0 Å². The number of hydrazine groups is 1. The number of fused-ring (bicyclic) bond motifs is 2. The lowest BCUT2D eigenvalue weighted by molar-refractivity contribution is 0.0958. The Hall–Kier alpha value is -2.16. The minimum Gasteiger partial charge on any atom is -0.491 e. The van der Waals surface area contributed by atoms with Gasteiger partial charge in [0.25, 0.3) is 5.88 Å². The van der Waals surface area contributed by atoms with Crippen LogP contribution in [0.1, 0.15) is 36.9 Å². The number of hydrogen-bond acceptors (Lipinski definition) is 8. The number of hydrogen-bond donors (Lipinski definition) is 1. The van der Waals surface area contributed by atoms with Gasteiger partial charge < -0.3 is 19.6 Å². The van der Waals surface area contributed by atoms with E-state index in [1.807, 2.05) is 6.07 Å². The molecule has 0 aromatic carbocycles. The lowest BCUT2D eigenvalue weighted by Crippen LogP contribution is -2.52. The van der Waals surface area contributed by atoms with Gasteiger partial charge in [0.15, 0.2) is 5.75 Å². The zero-order valence-electron chi connectivity index (χ0n) is 18.7. The smallest absolute Gasteiger partial charge is 0.257 e. The Labute approximate surface area is 183 Å². The molecule has 2 aromatic heterocycles. The Morgan fingerprint density at radius 1 is 1.03 bits per heavy atom. The van der Waals surface area contributed by atoms with Gasteiger partial charge in [-0.25, -0.2) is 9.99 Å². The van der Waals surface area contributed by atoms with Gasteiger partial charge in [-0.05, 0) is 32.1 Å². The monoisotopic (exact) mass is 427 g/mol. The zero-order chi connectivity index (χ0) is 21.2. The summed E-state index contributed by atoms with van der Waals surface area (Å²) in [6.07, 6.45) is 6.83. The lowest BCUT2D eigenvalue weighted by Gasteiger charge is -2.38. The Balaban J connectivity index is 1.46. The van der Waals surface area contributed by atoms with Crippen molar-refractivity contribution in [3.8, 4) is 11.6 Å². The van der Waals surface area contributed by atoms with Crippen molar-refractivity contribution in [3.05, 3.63) is 17.3 Å². The third-order valence-electron chi connectivity index (χ3n) is 6.84. The van der Waals surface area contributed by atoms with E-state index in [-0.39, 0.29) is 0 Å². The first-order valence-corrected chi connectivity index (χ1v) is 11.5. The minimum absolute atomic E-state index is 0.500. The van der Waals surface area contributed by atoms with Crippen LogP contribution in [0, 0.1) is 0 Å². The first-order chi connectivity index (χ1) is 15.3. The van der Waals surface area contributed by atoms with E-state index in [2.05, 4.69) is 15.3 Å². The highest BCUT2D eigenvalue weighted by Crippen LogP contribution is 2.36. The summed E-state index contributed by atoms with van der Waals surface area (Å²) in [4.78, 5) is 12.4. The van der Waals surface area contributed by atoms with Crippen LogP contribution in [0.15, 0.2) is 6.07 Å². The molecule has 2 saturated heterocycles. The number of nitrogens with zero attached hydrogens (tertiary/aromatic N) is 4. The molecule has 2 aliphatic heterocycles. The van der Waals surface area contributed by atoms with E-state index in [0.717, 1.165) is 75.4 Å². The topological polar surface area (TPSA) is 72.0 Å². The summed E-state index contributed by atoms with van der Waals surface area (Å²) in [5.74, 6) is 1.12. The fourth-order valence-electron chi connectivity index (χ4n) is 5.06. The SMILES string of the molecule is COc1cc2nc3c(c(NN4CCN([C@@H]5CCOC5)CC4)c2nc1OC)CCCCC3. The standard InChI is InChI=1S/C23H33N5O3/c1-29-20-14-19-22(25-23(20)30-2)21(17-6-4-3-5-7-18(17)24-19)26-28-11-9-27(10-12-28)16-8-13-31-15-16/h14,16H,3-13,15H2,1-2H3,(H,24,26)/t16-/m1/s1. The van der Waals surface area contributed by atoms with E-state index in [1.54, 1.807) is 14.2 Å². The second kappa shape index (κ2) is 9.14. The largest absolute Gasteiger partial charge is 0.491 e. The second-order valence-corrected chi connectivity index (χ2v) is 8.69. The zero-order valence-corrected chi connectivity index (χ0v) is 18.7. The number of rotatable bonds is 5. The molecule has 0 amide bonds. The predicted octanol–water partition coefficient (Wildman–Crippen LogP) is 2.65. The van der Waals surface area contributed by atoms with Gasteiger partial charge in [-0.3, -0.25) is 9.88 Å². The summed E-state index contributed by atoms with van der Waals surface area (Å²) in [5.41, 5.74) is 9.10. The average Bonchev–Trinajstić information content (AvgIpc) is 3.24. The fourth-order valence-corrected chi connectivity index (χ4v) is 5.06. The number of piperazine rings is 1. The third-order valence-corrected chi connectivity index (χ3v) is 6.84. The van der Waals surface area contributed by atoms with E-state index in [9.17, 15) is 0 Å². The first-order valence-electron chi connectivity index (χ1n) is 11.5. The van der Waals surface area contributed by atoms with Gasteiger partial charge in [0.05, 0.1) is 32.0 Å². The van der Waals surface area contributed by atoms with Crippen LogP contribution in [0.3, 0.4) is 0 Å². The van der Waals surface area contributed by atoms with E-state index in [4.69, 9.17) is 24.2 Å². The number of aryl methyl sites for hydroxylation is 1. The molecule has 1 atom stereocenters. The number of pyridine rings is 2. The van der Waals surface area contributed by atoms with Crippen LogP contribution in [-0.2, 0) is 17.6 Å². The van der Waals surface area contributed by atoms with Gasteiger partial charge in [-0.1, -0.05) is 6.42 Å². The molecule has 2 fully saturated rings. The normalized spacial score (nSPS) is 22.8. The maximum atomic E-state index is 5.59. The molecule has 8 heteroatoms. The van der Waals surface area contributed by atoms with Crippen LogP contribution in [-0.4, -0.2) is 79.5 Å². The molecule has 0 unspecified atom stereocenters. The van der Waals surface area contributed by atoms with E-state index in [0.29, 0.717) is 17.7 Å². The number of aromatic nitrogens is 2. The fraction of sp³-hybridized carbons (Fsp3) is 0.652. The summed E-state index contributed by atoms with van der Waals surface area (Å²) < 4.78 is 16.6. The van der Waals surface area contributed by atoms with Gasteiger partial charge >= 0.3 is 0 Å². The van der Waals surface area contributed by atoms with E-state index < -0.39 is 0 Å². The molecular formula is C23H33N5O3. The van der Waals surface area contributed by atoms with Crippen molar-refractivity contribution in [2.75, 3.05) is 59.0 Å². The van der Waals surface area contributed by atoms with Crippen LogP contribution >= 0.6 is 0 Å². The van der Waals surface area contributed by atoms with Crippen molar-refractivity contribution in [2.24, 2.45) is 0 Å². The minimum atomic E-state index is 0.500. The lowest BCUT2D eigenvalue weighted by atomic mass is 10.0. The summed E-state index contributed by atoms with van der Waals surface area (Å²) in [5, 5.41) is 2.34. The van der Waals surface area contributed by atoms with Gasteiger partial charge in [0.1, 0.15) is 5.52 Å². The molecule has 0 bridgehead atoms. The Kier molecular flexibility index (Phi) is 6.11. The van der Waals surface area contributed by atoms with E-state index in [1.165, 1.54) is 30.5 Å². The molecule has 31 heavy (non-hydrogen) atoms. The molecule has 0 radical (unpaired) electrons. The van der Waals surface area contributed by atoms with Gasteiger partial charge in [-0.15, -0.1) is 0 Å². The molecule has 4 heterocycles. The van der Waals surface area contributed by atoms with Crippen LogP contribution in [0.4, 0.5) is 5.69 Å². The van der Waals surface area contributed by atoms with Gasteiger partial charge in [0.2, 0.25) is 0 Å². The van der Waals surface area contributed by atoms with Crippen LogP contribution in [0.25, 0.3) is 11.0 Å². The van der Waals surface area contributed by atoms with Crippen molar-refractivity contribution in [3.63, 3.8) is 0 Å². The maximum absolute atomic E-state index is 5.59. The van der Waals surface area contributed by atoms with Crippen molar-refractivity contribution in [1.29, 1.82) is 0 Å². The van der Waals surface area contributed by atoms with Crippen LogP contribution in [0.5, 0.6) is 11.6 Å². The highest BCUT2D eigenvalue weighted by Gasteiger charge is 2.28. The number of nitrogens with one attached hydrogen (secondary N) is 1. The molecule has 1 aliphatic carbocycles. The van der Waals surface area contributed by atoms with E-state index >= 15 is 0 Å². The highest BCUT2D eigenvalue weighted by atomic mass is 16.5. The molecule has 1 N–H and O–H groups in total. The maximum Gasteiger partial charge on any atom is 0.257 e. The van der Waals surface area contributed by atoms with Crippen LogP contribution < -0.4 is 14.9 Å². The highest BCUT2D eigenvalue weighted by molar-refractivity contribution is 5.91. The molecule has 2 aromatic rings.